The molecule has 0 saturated carbocycles. The molecule has 2 aromatic rings. The maximum atomic E-state index is 14.5. The highest BCUT2D eigenvalue weighted by Gasteiger charge is 2.58. The zero-order chi connectivity index (χ0) is 25.9. The van der Waals surface area contributed by atoms with Gasteiger partial charge in [-0.1, -0.05) is 13.0 Å². The Balaban J connectivity index is 1.92. The van der Waals surface area contributed by atoms with E-state index in [1.165, 1.54) is 6.07 Å². The number of carbonyl (C=O) groups is 1. The second-order valence-electron chi connectivity index (χ2n) is 9.74. The summed E-state index contributed by atoms with van der Waals surface area (Å²) in [4.78, 5) is 19.3. The number of aromatic nitrogens is 1. The zero-order valence-corrected chi connectivity index (χ0v) is 21.4. The fourth-order valence-electron chi connectivity index (χ4n) is 4.76. The number of amides is 1. The second-order valence-corrected chi connectivity index (χ2v) is 10.9. The summed E-state index contributed by atoms with van der Waals surface area (Å²) in [5, 5.41) is 1.77. The molecule has 0 spiro atoms. The minimum absolute atomic E-state index is 0.0391. The smallest absolute Gasteiger partial charge is 0.409 e. The molecule has 2 aromatic heterocycles. The molecule has 0 radical (unpaired) electrons. The molecule has 1 amide bonds. The lowest BCUT2D eigenvalue weighted by molar-refractivity contribution is -0.182. The van der Waals surface area contributed by atoms with E-state index in [9.17, 15) is 22.4 Å². The highest BCUT2D eigenvalue weighted by molar-refractivity contribution is 7.10. The molecule has 0 aromatic carbocycles. The molecule has 5 nitrogen and oxygen atoms in total. The molecule has 2 atom stereocenters. The maximum absolute atomic E-state index is 14.5. The number of likely N-dealkylation sites (tertiary alicyclic amines) is 1. The van der Waals surface area contributed by atoms with E-state index in [4.69, 9.17) is 4.74 Å². The van der Waals surface area contributed by atoms with Crippen LogP contribution in [0.3, 0.4) is 0 Å². The Morgan fingerprint density at radius 1 is 1.29 bits per heavy atom. The number of alkyl carbamates (subject to hydrolysis) is 1. The van der Waals surface area contributed by atoms with Crippen molar-refractivity contribution in [2.75, 3.05) is 19.7 Å². The van der Waals surface area contributed by atoms with E-state index >= 15 is 0 Å². The third-order valence-corrected chi connectivity index (χ3v) is 7.86. The van der Waals surface area contributed by atoms with Gasteiger partial charge in [0.1, 0.15) is 6.04 Å². The van der Waals surface area contributed by atoms with Gasteiger partial charge in [-0.25, -0.2) is 4.79 Å². The standard InChI is InChI=1S/C25H33F4N3O2S/c1-5-14-34-22(33)31-21(25(27,28)29)24(11-10-19-8-9-20(26)35-19)12-13-32(16-24)23(3,4)18-7-6-17(2)30-15-18/h6-9,15,21H,5,10-14,16H2,1-4H3,(H,31,33)/t21-,24?/m1/s1. The zero-order valence-electron chi connectivity index (χ0n) is 20.5. The van der Waals surface area contributed by atoms with Crippen molar-refractivity contribution in [3.8, 4) is 0 Å². The summed E-state index contributed by atoms with van der Waals surface area (Å²) in [6.45, 7) is 8.15. The van der Waals surface area contributed by atoms with Crippen LogP contribution in [-0.2, 0) is 16.7 Å². The minimum Gasteiger partial charge on any atom is -0.450 e. The lowest BCUT2D eigenvalue weighted by Gasteiger charge is -2.42. The van der Waals surface area contributed by atoms with Crippen LogP contribution < -0.4 is 5.32 Å². The molecule has 1 fully saturated rings. The summed E-state index contributed by atoms with van der Waals surface area (Å²) in [5.41, 5.74) is -0.121. The Kier molecular flexibility index (Phi) is 8.47. The first-order valence-electron chi connectivity index (χ1n) is 11.8. The summed E-state index contributed by atoms with van der Waals surface area (Å²) in [6, 6.07) is 4.66. The van der Waals surface area contributed by atoms with Gasteiger partial charge in [0, 0.05) is 34.3 Å². The summed E-state index contributed by atoms with van der Waals surface area (Å²) in [7, 11) is 0. The molecule has 1 aliphatic rings. The molecule has 1 N–H and O–H groups in total. The Bertz CT molecular complexity index is 993. The van der Waals surface area contributed by atoms with Crippen LogP contribution in [-0.4, -0.2) is 47.9 Å². The van der Waals surface area contributed by atoms with Crippen LogP contribution in [0.15, 0.2) is 30.5 Å². The lowest BCUT2D eigenvalue weighted by atomic mass is 9.74. The van der Waals surface area contributed by atoms with E-state index in [0.29, 0.717) is 17.8 Å². The van der Waals surface area contributed by atoms with Crippen molar-refractivity contribution in [2.45, 2.75) is 71.1 Å². The Morgan fingerprint density at radius 3 is 2.60 bits per heavy atom. The van der Waals surface area contributed by atoms with Gasteiger partial charge in [0.05, 0.1) is 6.61 Å². The van der Waals surface area contributed by atoms with Crippen LogP contribution in [0.4, 0.5) is 22.4 Å². The largest absolute Gasteiger partial charge is 0.450 e. The number of alkyl halides is 3. The third kappa shape index (κ3) is 6.52. The molecule has 3 rings (SSSR count). The van der Waals surface area contributed by atoms with Gasteiger partial charge < -0.3 is 10.1 Å². The van der Waals surface area contributed by atoms with Crippen LogP contribution in [0.1, 0.15) is 56.2 Å². The van der Waals surface area contributed by atoms with Crippen molar-refractivity contribution < 1.29 is 27.1 Å². The first-order valence-corrected chi connectivity index (χ1v) is 12.6. The fraction of sp³-hybridized carbons (Fsp3) is 0.600. The van der Waals surface area contributed by atoms with E-state index in [-0.39, 0.29) is 37.5 Å². The van der Waals surface area contributed by atoms with Crippen molar-refractivity contribution in [1.82, 2.24) is 15.2 Å². The topological polar surface area (TPSA) is 54.5 Å². The summed E-state index contributed by atoms with van der Waals surface area (Å²) < 4.78 is 61.9. The molecule has 1 aliphatic heterocycles. The molecule has 10 heteroatoms. The highest BCUT2D eigenvalue weighted by Crippen LogP contribution is 2.48. The number of pyridine rings is 1. The van der Waals surface area contributed by atoms with E-state index in [1.54, 1.807) is 19.2 Å². The summed E-state index contributed by atoms with van der Waals surface area (Å²) in [5.74, 6) is 0. The average Bonchev–Trinajstić information content (AvgIpc) is 3.41. The van der Waals surface area contributed by atoms with Crippen LogP contribution in [0.2, 0.25) is 0 Å². The molecule has 194 valence electrons. The highest BCUT2D eigenvalue weighted by atomic mass is 32.1. The number of nitrogens with one attached hydrogen (secondary N) is 1. The maximum Gasteiger partial charge on any atom is 0.409 e. The van der Waals surface area contributed by atoms with Gasteiger partial charge in [0.15, 0.2) is 5.13 Å². The van der Waals surface area contributed by atoms with E-state index < -0.39 is 29.3 Å². The predicted molar refractivity (Wildman–Crippen MR) is 128 cm³/mol. The first-order chi connectivity index (χ1) is 16.4. The molecule has 1 unspecified atom stereocenters. The van der Waals surface area contributed by atoms with E-state index in [1.807, 2.05) is 37.8 Å². The van der Waals surface area contributed by atoms with Crippen molar-refractivity contribution in [3.63, 3.8) is 0 Å². The number of halogens is 4. The molecular weight excluding hydrogens is 482 g/mol. The van der Waals surface area contributed by atoms with Gasteiger partial charge in [-0.15, -0.1) is 11.3 Å². The van der Waals surface area contributed by atoms with Gasteiger partial charge in [-0.3, -0.25) is 9.88 Å². The van der Waals surface area contributed by atoms with Gasteiger partial charge in [0.2, 0.25) is 0 Å². The number of aryl methyl sites for hydroxylation is 2. The third-order valence-electron chi connectivity index (χ3n) is 6.93. The quantitative estimate of drug-likeness (QED) is 0.403. The number of thiophene rings is 1. The van der Waals surface area contributed by atoms with E-state index in [2.05, 4.69) is 10.3 Å². The van der Waals surface area contributed by atoms with Crippen LogP contribution in [0.5, 0.6) is 0 Å². The minimum atomic E-state index is -4.68. The van der Waals surface area contributed by atoms with Crippen molar-refractivity contribution in [2.24, 2.45) is 5.41 Å². The molecule has 1 saturated heterocycles. The number of hydrogen-bond acceptors (Lipinski definition) is 5. The van der Waals surface area contributed by atoms with Crippen molar-refractivity contribution in [3.05, 3.63) is 51.7 Å². The number of rotatable bonds is 9. The molecular formula is C25H33F4N3O2S. The Morgan fingerprint density at radius 2 is 2.03 bits per heavy atom. The monoisotopic (exact) mass is 515 g/mol. The van der Waals surface area contributed by atoms with Gasteiger partial charge >= 0.3 is 12.3 Å². The molecule has 0 bridgehead atoms. The van der Waals surface area contributed by atoms with Gasteiger partial charge in [0.25, 0.3) is 0 Å². The SMILES string of the molecule is CCCOC(=O)N[C@@H](C(F)(F)F)C1(CCc2ccc(F)s2)CCN(C(C)(C)c2ccc(C)nc2)C1. The number of ether oxygens (including phenoxy) is 1. The van der Waals surface area contributed by atoms with Crippen LogP contribution >= 0.6 is 11.3 Å². The van der Waals surface area contributed by atoms with E-state index in [0.717, 1.165) is 22.6 Å². The summed E-state index contributed by atoms with van der Waals surface area (Å²) >= 11 is 0.937. The number of carbonyl (C=O) groups excluding carboxylic acids is 1. The average molecular weight is 516 g/mol. The number of nitrogens with zero attached hydrogens (tertiary/aromatic N) is 2. The first kappa shape index (κ1) is 27.4. The molecule has 3 heterocycles. The molecule has 35 heavy (non-hydrogen) atoms. The Labute approximate surface area is 207 Å². The predicted octanol–water partition coefficient (Wildman–Crippen LogP) is 6.22. The second kappa shape index (κ2) is 10.8. The Hall–Kier alpha value is -2.20. The van der Waals surface area contributed by atoms with Crippen molar-refractivity contribution >= 4 is 17.4 Å². The van der Waals surface area contributed by atoms with Crippen molar-refractivity contribution in [1.29, 1.82) is 0 Å². The van der Waals surface area contributed by atoms with Crippen LogP contribution in [0, 0.1) is 17.5 Å². The number of hydrogen-bond donors (Lipinski definition) is 1. The van der Waals surface area contributed by atoms with Gasteiger partial charge in [-0.05, 0) is 76.8 Å². The summed E-state index contributed by atoms with van der Waals surface area (Å²) in [6.07, 6.45) is -2.84. The lowest BCUT2D eigenvalue weighted by Crippen LogP contribution is -2.58. The van der Waals surface area contributed by atoms with Crippen LogP contribution in [0.25, 0.3) is 0 Å². The molecule has 0 aliphatic carbocycles. The van der Waals surface area contributed by atoms with Gasteiger partial charge in [-0.2, -0.15) is 17.6 Å². The normalized spacial score (nSPS) is 20.1. The fourth-order valence-corrected chi connectivity index (χ4v) is 5.49.